The number of nitrogens with zero attached hydrogens (tertiary/aromatic N) is 4. The highest BCUT2D eigenvalue weighted by molar-refractivity contribution is 5.73. The molecule has 0 unspecified atom stereocenters. The lowest BCUT2D eigenvalue weighted by molar-refractivity contribution is -0.139. The number of aromatic nitrogens is 4. The second-order valence-corrected chi connectivity index (χ2v) is 4.76. The molecule has 0 spiro atoms. The molecular formula is C15H20N4O2. The summed E-state index contributed by atoms with van der Waals surface area (Å²) in [6.45, 7) is 5.98. The minimum atomic E-state index is -0.252. The quantitative estimate of drug-likeness (QED) is 0.785. The van der Waals surface area contributed by atoms with Gasteiger partial charge in [0.2, 0.25) is 0 Å². The smallest absolute Gasteiger partial charge is 0.310 e. The van der Waals surface area contributed by atoms with Crippen LogP contribution in [-0.4, -0.2) is 32.8 Å². The van der Waals surface area contributed by atoms with E-state index in [1.165, 1.54) is 13.4 Å². The molecule has 112 valence electrons. The molecule has 0 N–H and O–H groups in total. The largest absolute Gasteiger partial charge is 0.469 e. The molecule has 2 aromatic rings. The highest BCUT2D eigenvalue weighted by Gasteiger charge is 2.20. The number of hydrogen-bond donors (Lipinski definition) is 0. The van der Waals surface area contributed by atoms with Gasteiger partial charge in [0.1, 0.15) is 6.33 Å². The maximum Gasteiger partial charge on any atom is 0.310 e. The topological polar surface area (TPSA) is 69.9 Å². The van der Waals surface area contributed by atoms with E-state index < -0.39 is 0 Å². The van der Waals surface area contributed by atoms with Gasteiger partial charge in [0.15, 0.2) is 5.82 Å². The van der Waals surface area contributed by atoms with Crippen LogP contribution in [0.2, 0.25) is 0 Å². The van der Waals surface area contributed by atoms with Gasteiger partial charge < -0.3 is 4.74 Å². The van der Waals surface area contributed by atoms with E-state index >= 15 is 0 Å². The van der Waals surface area contributed by atoms with Crippen molar-refractivity contribution in [2.75, 3.05) is 7.11 Å². The Kier molecular flexibility index (Phi) is 4.67. The van der Waals surface area contributed by atoms with Crippen LogP contribution in [-0.2, 0) is 28.8 Å². The van der Waals surface area contributed by atoms with E-state index in [1.807, 2.05) is 31.5 Å². The zero-order valence-corrected chi connectivity index (χ0v) is 12.9. The minimum absolute atomic E-state index is 0.243. The molecule has 6 nitrogen and oxygen atoms in total. The van der Waals surface area contributed by atoms with Crippen molar-refractivity contribution in [3.63, 3.8) is 0 Å². The molecule has 2 heterocycles. The van der Waals surface area contributed by atoms with Crippen molar-refractivity contribution in [2.45, 2.75) is 40.0 Å². The SMILES string of the molecule is CCc1nn(-c2cc(C)ncn2)c(CC)c1CC(=O)OC. The van der Waals surface area contributed by atoms with Crippen molar-refractivity contribution in [1.29, 1.82) is 0 Å². The number of esters is 1. The molecule has 2 aromatic heterocycles. The lowest BCUT2D eigenvalue weighted by atomic mass is 10.1. The van der Waals surface area contributed by atoms with Crippen LogP contribution in [0.1, 0.15) is 36.5 Å². The fraction of sp³-hybridized carbons (Fsp3) is 0.467. The molecule has 0 fully saturated rings. The van der Waals surface area contributed by atoms with Gasteiger partial charge in [0, 0.05) is 23.0 Å². The fourth-order valence-electron chi connectivity index (χ4n) is 2.35. The van der Waals surface area contributed by atoms with Crippen LogP contribution in [0.4, 0.5) is 0 Å². The Bertz CT molecular complexity index is 649. The predicted molar refractivity (Wildman–Crippen MR) is 78.4 cm³/mol. The summed E-state index contributed by atoms with van der Waals surface area (Å²) in [5.41, 5.74) is 3.73. The Morgan fingerprint density at radius 2 is 2.05 bits per heavy atom. The summed E-state index contributed by atoms with van der Waals surface area (Å²) >= 11 is 0. The van der Waals surface area contributed by atoms with E-state index in [0.717, 1.165) is 41.3 Å². The first kappa shape index (κ1) is 15.2. The molecule has 0 saturated carbocycles. The number of aryl methyl sites for hydroxylation is 2. The second kappa shape index (κ2) is 6.47. The zero-order valence-electron chi connectivity index (χ0n) is 12.9. The second-order valence-electron chi connectivity index (χ2n) is 4.76. The third-order valence-electron chi connectivity index (χ3n) is 3.40. The molecule has 0 amide bonds. The molecular weight excluding hydrogens is 268 g/mol. The summed E-state index contributed by atoms with van der Waals surface area (Å²) in [6.07, 6.45) is 3.29. The Labute approximate surface area is 124 Å². The van der Waals surface area contributed by atoms with Crippen LogP contribution in [0.3, 0.4) is 0 Å². The monoisotopic (exact) mass is 288 g/mol. The molecule has 0 radical (unpaired) electrons. The van der Waals surface area contributed by atoms with E-state index in [1.54, 1.807) is 0 Å². The predicted octanol–water partition coefficient (Wildman–Crippen LogP) is 1.81. The molecule has 2 rings (SSSR count). The lowest BCUT2D eigenvalue weighted by Gasteiger charge is -2.07. The Morgan fingerprint density at radius 1 is 1.29 bits per heavy atom. The van der Waals surface area contributed by atoms with Crippen LogP contribution < -0.4 is 0 Å². The molecule has 21 heavy (non-hydrogen) atoms. The first-order chi connectivity index (χ1) is 10.1. The molecule has 0 bridgehead atoms. The maximum absolute atomic E-state index is 11.6. The van der Waals surface area contributed by atoms with Gasteiger partial charge in [0.25, 0.3) is 0 Å². The highest BCUT2D eigenvalue weighted by atomic mass is 16.5. The van der Waals surface area contributed by atoms with E-state index in [4.69, 9.17) is 4.74 Å². The van der Waals surface area contributed by atoms with E-state index in [9.17, 15) is 4.79 Å². The van der Waals surface area contributed by atoms with Crippen molar-refractivity contribution in [1.82, 2.24) is 19.7 Å². The van der Waals surface area contributed by atoms with Gasteiger partial charge in [0.05, 0.1) is 19.2 Å². The van der Waals surface area contributed by atoms with E-state index in [-0.39, 0.29) is 12.4 Å². The normalized spacial score (nSPS) is 10.7. The van der Waals surface area contributed by atoms with Crippen LogP contribution in [0, 0.1) is 6.92 Å². The third kappa shape index (κ3) is 3.09. The summed E-state index contributed by atoms with van der Waals surface area (Å²) in [6, 6.07) is 1.88. The Morgan fingerprint density at radius 3 is 2.62 bits per heavy atom. The molecule has 0 aliphatic rings. The van der Waals surface area contributed by atoms with Crippen molar-refractivity contribution in [2.24, 2.45) is 0 Å². The number of hydrogen-bond acceptors (Lipinski definition) is 5. The highest BCUT2D eigenvalue weighted by Crippen LogP contribution is 2.20. The summed E-state index contributed by atoms with van der Waals surface area (Å²) in [4.78, 5) is 20.0. The Hall–Kier alpha value is -2.24. The van der Waals surface area contributed by atoms with Gasteiger partial charge in [-0.15, -0.1) is 0 Å². The van der Waals surface area contributed by atoms with Gasteiger partial charge in [-0.3, -0.25) is 4.79 Å². The number of rotatable bonds is 5. The molecule has 0 atom stereocenters. The van der Waals surface area contributed by atoms with Crippen LogP contribution in [0.15, 0.2) is 12.4 Å². The average molecular weight is 288 g/mol. The standard InChI is InChI=1S/C15H20N4O2/c1-5-12-11(8-15(20)21-4)13(6-2)19(18-12)14-7-10(3)16-9-17-14/h7,9H,5-6,8H2,1-4H3. The van der Waals surface area contributed by atoms with Crippen molar-refractivity contribution in [3.8, 4) is 5.82 Å². The molecule has 0 aliphatic carbocycles. The van der Waals surface area contributed by atoms with Gasteiger partial charge in [-0.2, -0.15) is 5.10 Å². The summed E-state index contributed by atoms with van der Waals surface area (Å²) in [5, 5.41) is 4.62. The fourth-order valence-corrected chi connectivity index (χ4v) is 2.35. The number of carbonyl (C=O) groups excluding carboxylic acids is 1. The number of carbonyl (C=O) groups is 1. The average Bonchev–Trinajstić information content (AvgIpc) is 2.84. The van der Waals surface area contributed by atoms with Gasteiger partial charge in [-0.05, 0) is 19.8 Å². The summed E-state index contributed by atoms with van der Waals surface area (Å²) in [5.74, 6) is 0.475. The summed E-state index contributed by atoms with van der Waals surface area (Å²) in [7, 11) is 1.40. The minimum Gasteiger partial charge on any atom is -0.469 e. The van der Waals surface area contributed by atoms with Crippen LogP contribution in [0.25, 0.3) is 5.82 Å². The molecule has 6 heteroatoms. The van der Waals surface area contributed by atoms with Crippen molar-refractivity contribution >= 4 is 5.97 Å². The maximum atomic E-state index is 11.6. The molecule has 0 aliphatic heterocycles. The van der Waals surface area contributed by atoms with Crippen molar-refractivity contribution < 1.29 is 9.53 Å². The summed E-state index contributed by atoms with van der Waals surface area (Å²) < 4.78 is 6.60. The van der Waals surface area contributed by atoms with Crippen LogP contribution >= 0.6 is 0 Å². The van der Waals surface area contributed by atoms with E-state index in [2.05, 4.69) is 15.1 Å². The molecule has 0 aromatic carbocycles. The zero-order chi connectivity index (χ0) is 15.4. The number of ether oxygens (including phenoxy) is 1. The van der Waals surface area contributed by atoms with Gasteiger partial charge in [-0.25, -0.2) is 14.6 Å². The van der Waals surface area contributed by atoms with E-state index in [0.29, 0.717) is 0 Å². The lowest BCUT2D eigenvalue weighted by Crippen LogP contribution is -2.09. The van der Waals surface area contributed by atoms with Crippen molar-refractivity contribution in [3.05, 3.63) is 35.0 Å². The van der Waals surface area contributed by atoms with Gasteiger partial charge >= 0.3 is 5.97 Å². The van der Waals surface area contributed by atoms with Gasteiger partial charge in [-0.1, -0.05) is 13.8 Å². The first-order valence-electron chi connectivity index (χ1n) is 7.06. The third-order valence-corrected chi connectivity index (χ3v) is 3.40. The Balaban J connectivity index is 2.54. The molecule has 0 saturated heterocycles. The van der Waals surface area contributed by atoms with Crippen LogP contribution in [0.5, 0.6) is 0 Å². The first-order valence-corrected chi connectivity index (χ1v) is 7.06. The number of methoxy groups -OCH3 is 1.